The van der Waals surface area contributed by atoms with Crippen molar-refractivity contribution in [3.63, 3.8) is 0 Å². The average Bonchev–Trinajstić information content (AvgIpc) is 2.33. The summed E-state index contributed by atoms with van der Waals surface area (Å²) in [7, 11) is 1.45. The minimum absolute atomic E-state index is 0.217. The van der Waals surface area contributed by atoms with Crippen LogP contribution in [0.25, 0.3) is 0 Å². The summed E-state index contributed by atoms with van der Waals surface area (Å²) in [6.45, 7) is 0. The molecule has 0 aliphatic heterocycles. The van der Waals surface area contributed by atoms with Gasteiger partial charge in [-0.2, -0.15) is 0 Å². The van der Waals surface area contributed by atoms with Gasteiger partial charge in [-0.3, -0.25) is 4.79 Å². The minimum Gasteiger partial charge on any atom is -0.495 e. The van der Waals surface area contributed by atoms with Crippen molar-refractivity contribution in [1.29, 1.82) is 0 Å². The number of aromatic nitrogens is 2. The molecule has 94 valence electrons. The number of hydrogen-bond donors (Lipinski definition) is 2. The summed E-state index contributed by atoms with van der Waals surface area (Å²) in [6.07, 6.45) is 1.35. The van der Waals surface area contributed by atoms with Gasteiger partial charge in [-0.25, -0.2) is 9.37 Å². The molecule has 0 amide bonds. The van der Waals surface area contributed by atoms with Crippen molar-refractivity contribution in [2.45, 2.75) is 10.1 Å². The van der Waals surface area contributed by atoms with E-state index in [-0.39, 0.29) is 16.1 Å². The van der Waals surface area contributed by atoms with Crippen molar-refractivity contribution >= 4 is 17.4 Å². The first kappa shape index (κ1) is 12.4. The maximum atomic E-state index is 13.7. The molecule has 0 unspecified atom stereocenters. The van der Waals surface area contributed by atoms with Gasteiger partial charge in [-0.1, -0.05) is 0 Å². The Morgan fingerprint density at radius 2 is 2.28 bits per heavy atom. The maximum Gasteiger partial charge on any atom is 0.251 e. The van der Waals surface area contributed by atoms with Gasteiger partial charge in [0.15, 0.2) is 5.16 Å². The normalized spacial score (nSPS) is 10.3. The van der Waals surface area contributed by atoms with E-state index in [9.17, 15) is 9.18 Å². The molecule has 1 aromatic heterocycles. The van der Waals surface area contributed by atoms with Crippen LogP contribution in [-0.4, -0.2) is 17.1 Å². The number of ether oxygens (including phenoxy) is 1. The highest BCUT2D eigenvalue weighted by atomic mass is 32.2. The Kier molecular flexibility index (Phi) is 3.52. The van der Waals surface area contributed by atoms with Crippen LogP contribution in [0.4, 0.5) is 10.1 Å². The number of benzene rings is 1. The lowest BCUT2D eigenvalue weighted by molar-refractivity contribution is 0.414. The van der Waals surface area contributed by atoms with Crippen LogP contribution in [-0.2, 0) is 0 Å². The number of hydrogen-bond acceptors (Lipinski definition) is 5. The number of nitrogen functional groups attached to an aromatic ring is 1. The third-order valence-corrected chi connectivity index (χ3v) is 3.07. The first-order valence-corrected chi connectivity index (χ1v) is 5.78. The van der Waals surface area contributed by atoms with E-state index in [1.165, 1.54) is 31.5 Å². The number of nitrogens with two attached hydrogens (primary N) is 1. The molecule has 0 radical (unpaired) electrons. The van der Waals surface area contributed by atoms with E-state index in [0.29, 0.717) is 10.9 Å². The SMILES string of the molecule is COc1cc(Sc2nccc(=O)[nH]2)c(F)cc1N. The van der Waals surface area contributed by atoms with Crippen molar-refractivity contribution in [3.05, 3.63) is 40.6 Å². The number of halogens is 1. The molecule has 2 aromatic rings. The summed E-state index contributed by atoms with van der Waals surface area (Å²) in [6, 6.07) is 3.91. The Morgan fingerprint density at radius 3 is 2.94 bits per heavy atom. The van der Waals surface area contributed by atoms with Crippen LogP contribution in [0.2, 0.25) is 0 Å². The predicted octanol–water partition coefficient (Wildman–Crippen LogP) is 1.65. The first-order chi connectivity index (χ1) is 8.60. The van der Waals surface area contributed by atoms with Gasteiger partial charge in [0, 0.05) is 18.3 Å². The third-order valence-electron chi connectivity index (χ3n) is 2.14. The van der Waals surface area contributed by atoms with Crippen LogP contribution in [0.1, 0.15) is 0 Å². The summed E-state index contributed by atoms with van der Waals surface area (Å²) in [5.41, 5.74) is 5.49. The highest BCUT2D eigenvalue weighted by Gasteiger charge is 2.10. The molecule has 7 heteroatoms. The predicted molar refractivity (Wildman–Crippen MR) is 66.3 cm³/mol. The van der Waals surface area contributed by atoms with Crippen molar-refractivity contribution in [2.75, 3.05) is 12.8 Å². The monoisotopic (exact) mass is 267 g/mol. The molecule has 0 bridgehead atoms. The molecule has 18 heavy (non-hydrogen) atoms. The number of H-pyrrole nitrogens is 1. The zero-order valence-corrected chi connectivity index (χ0v) is 10.3. The summed E-state index contributed by atoms with van der Waals surface area (Å²) in [5, 5.41) is 0.299. The lowest BCUT2D eigenvalue weighted by atomic mass is 10.3. The molecule has 0 spiro atoms. The molecular formula is C11H10FN3O2S. The van der Waals surface area contributed by atoms with Gasteiger partial charge in [-0.15, -0.1) is 0 Å². The Balaban J connectivity index is 2.37. The van der Waals surface area contributed by atoms with Crippen molar-refractivity contribution in [1.82, 2.24) is 9.97 Å². The molecule has 1 heterocycles. The standard InChI is InChI=1S/C11H10FN3O2S/c1-17-8-5-9(6(12)4-7(8)13)18-11-14-3-2-10(16)15-11/h2-5H,13H2,1H3,(H,14,15,16). The Morgan fingerprint density at radius 1 is 1.50 bits per heavy atom. The second kappa shape index (κ2) is 5.09. The van der Waals surface area contributed by atoms with Gasteiger partial charge in [0.2, 0.25) is 0 Å². The van der Waals surface area contributed by atoms with E-state index in [2.05, 4.69) is 9.97 Å². The van der Waals surface area contributed by atoms with Crippen LogP contribution in [0.5, 0.6) is 5.75 Å². The molecule has 2 rings (SSSR count). The maximum absolute atomic E-state index is 13.7. The molecule has 3 N–H and O–H groups in total. The fourth-order valence-electron chi connectivity index (χ4n) is 1.31. The topological polar surface area (TPSA) is 81.0 Å². The molecule has 0 aliphatic rings. The smallest absolute Gasteiger partial charge is 0.251 e. The summed E-state index contributed by atoms with van der Waals surface area (Å²) >= 11 is 0.989. The van der Waals surface area contributed by atoms with E-state index < -0.39 is 5.82 Å². The van der Waals surface area contributed by atoms with E-state index in [1.807, 2.05) is 0 Å². The number of methoxy groups -OCH3 is 1. The molecule has 0 saturated heterocycles. The van der Waals surface area contributed by atoms with Crippen LogP contribution in [0.3, 0.4) is 0 Å². The minimum atomic E-state index is -0.496. The Hall–Kier alpha value is -2.02. The highest BCUT2D eigenvalue weighted by Crippen LogP contribution is 2.33. The van der Waals surface area contributed by atoms with E-state index in [0.717, 1.165) is 11.8 Å². The van der Waals surface area contributed by atoms with Gasteiger partial charge >= 0.3 is 0 Å². The van der Waals surface area contributed by atoms with Gasteiger partial charge in [0.1, 0.15) is 11.6 Å². The number of nitrogens with one attached hydrogen (secondary N) is 1. The second-order valence-corrected chi connectivity index (χ2v) is 4.40. The van der Waals surface area contributed by atoms with E-state index in [4.69, 9.17) is 10.5 Å². The molecule has 0 atom stereocenters. The molecule has 1 aromatic carbocycles. The number of rotatable bonds is 3. The molecular weight excluding hydrogens is 257 g/mol. The Labute approximate surface area is 106 Å². The van der Waals surface area contributed by atoms with Crippen LogP contribution in [0, 0.1) is 5.82 Å². The lowest BCUT2D eigenvalue weighted by Gasteiger charge is -2.08. The van der Waals surface area contributed by atoms with Crippen LogP contribution in [0.15, 0.2) is 39.2 Å². The average molecular weight is 267 g/mol. The van der Waals surface area contributed by atoms with E-state index in [1.54, 1.807) is 0 Å². The van der Waals surface area contributed by atoms with Gasteiger partial charge in [0.05, 0.1) is 17.7 Å². The van der Waals surface area contributed by atoms with Gasteiger partial charge < -0.3 is 15.5 Å². The largest absolute Gasteiger partial charge is 0.495 e. The lowest BCUT2D eigenvalue weighted by Crippen LogP contribution is -2.05. The molecule has 5 nitrogen and oxygen atoms in total. The Bertz CT molecular complexity index is 630. The van der Waals surface area contributed by atoms with Crippen molar-refractivity contribution < 1.29 is 9.13 Å². The summed E-state index contributed by atoms with van der Waals surface area (Å²) < 4.78 is 18.7. The highest BCUT2D eigenvalue weighted by molar-refractivity contribution is 7.99. The fourth-order valence-corrected chi connectivity index (χ4v) is 2.11. The number of anilines is 1. The zero-order valence-electron chi connectivity index (χ0n) is 9.44. The fraction of sp³-hybridized carbons (Fsp3) is 0.0909. The molecule has 0 fully saturated rings. The van der Waals surface area contributed by atoms with Crippen molar-refractivity contribution in [3.8, 4) is 5.75 Å². The van der Waals surface area contributed by atoms with Crippen LogP contribution < -0.4 is 16.0 Å². The quantitative estimate of drug-likeness (QED) is 0.653. The zero-order chi connectivity index (χ0) is 13.1. The van der Waals surface area contributed by atoms with E-state index >= 15 is 0 Å². The van der Waals surface area contributed by atoms with Gasteiger partial charge in [-0.05, 0) is 17.8 Å². The second-order valence-electron chi connectivity index (χ2n) is 3.37. The molecule has 0 aliphatic carbocycles. The number of nitrogens with zero attached hydrogens (tertiary/aromatic N) is 1. The number of aromatic amines is 1. The molecule has 0 saturated carbocycles. The summed E-state index contributed by atoms with van der Waals surface area (Å²) in [4.78, 5) is 17.8. The van der Waals surface area contributed by atoms with Gasteiger partial charge in [0.25, 0.3) is 5.56 Å². The summed E-state index contributed by atoms with van der Waals surface area (Å²) in [5.74, 6) is -0.123. The first-order valence-electron chi connectivity index (χ1n) is 4.96. The van der Waals surface area contributed by atoms with Crippen LogP contribution >= 0.6 is 11.8 Å². The van der Waals surface area contributed by atoms with Crippen molar-refractivity contribution in [2.24, 2.45) is 0 Å². The third kappa shape index (κ3) is 2.62.